The molecule has 24 heavy (non-hydrogen) atoms. The molecule has 0 bridgehead atoms. The molecule has 1 unspecified atom stereocenters. The first-order chi connectivity index (χ1) is 11.7. The molecule has 2 aromatic carbocycles. The average Bonchev–Trinajstić information content (AvgIpc) is 2.64. The Morgan fingerprint density at radius 2 is 1.75 bits per heavy atom. The van der Waals surface area contributed by atoms with Crippen molar-refractivity contribution >= 4 is 25.3 Å². The van der Waals surface area contributed by atoms with E-state index in [2.05, 4.69) is 55.1 Å². The molecule has 0 fully saturated rings. The van der Waals surface area contributed by atoms with Crippen LogP contribution < -0.4 is 4.46 Å². The first kappa shape index (κ1) is 18.5. The molecular formula is C21H25NOSe. The SMILES string of the molecule is C=CCN(C(=O)CC)C(C[Se]c1ccccc1)Cc1ccccc1. The minimum absolute atomic E-state index is 0.208. The fraction of sp³-hybridized carbons (Fsp3) is 0.286. The van der Waals surface area contributed by atoms with Gasteiger partial charge in [0.05, 0.1) is 0 Å². The van der Waals surface area contributed by atoms with Crippen LogP contribution in [0.15, 0.2) is 73.3 Å². The van der Waals surface area contributed by atoms with Crippen LogP contribution in [-0.2, 0) is 11.2 Å². The third-order valence-electron chi connectivity index (χ3n) is 3.89. The normalized spacial score (nSPS) is 11.7. The van der Waals surface area contributed by atoms with E-state index in [1.165, 1.54) is 10.0 Å². The number of benzene rings is 2. The number of carbonyl (C=O) groups excluding carboxylic acids is 1. The zero-order valence-electron chi connectivity index (χ0n) is 14.2. The molecule has 126 valence electrons. The predicted octanol–water partition coefficient (Wildman–Crippen LogP) is 3.47. The summed E-state index contributed by atoms with van der Waals surface area (Å²) in [6.45, 7) is 6.39. The van der Waals surface area contributed by atoms with Crippen LogP contribution in [0.2, 0.25) is 5.32 Å². The van der Waals surface area contributed by atoms with Crippen LogP contribution in [0, 0.1) is 0 Å². The van der Waals surface area contributed by atoms with Crippen molar-refractivity contribution in [1.82, 2.24) is 4.90 Å². The number of hydrogen-bond donors (Lipinski definition) is 0. The van der Waals surface area contributed by atoms with Gasteiger partial charge < -0.3 is 0 Å². The van der Waals surface area contributed by atoms with E-state index < -0.39 is 0 Å². The molecule has 0 aromatic heterocycles. The van der Waals surface area contributed by atoms with Gasteiger partial charge in [-0.05, 0) is 0 Å². The summed E-state index contributed by atoms with van der Waals surface area (Å²) in [5.41, 5.74) is 1.28. The summed E-state index contributed by atoms with van der Waals surface area (Å²) in [5, 5.41) is 1.02. The molecule has 0 N–H and O–H groups in total. The van der Waals surface area contributed by atoms with Crippen molar-refractivity contribution in [2.24, 2.45) is 0 Å². The Bertz CT molecular complexity index is 627. The third kappa shape index (κ3) is 5.67. The van der Waals surface area contributed by atoms with Crippen LogP contribution in [0.4, 0.5) is 0 Å². The first-order valence-corrected chi connectivity index (χ1v) is 10.4. The van der Waals surface area contributed by atoms with Crippen molar-refractivity contribution in [3.05, 3.63) is 78.9 Å². The van der Waals surface area contributed by atoms with Crippen molar-refractivity contribution in [2.75, 3.05) is 6.54 Å². The van der Waals surface area contributed by atoms with E-state index in [1.807, 2.05) is 30.0 Å². The molecule has 0 heterocycles. The van der Waals surface area contributed by atoms with E-state index in [-0.39, 0.29) is 11.9 Å². The Labute approximate surface area is 151 Å². The van der Waals surface area contributed by atoms with E-state index in [4.69, 9.17) is 0 Å². The quantitative estimate of drug-likeness (QED) is 0.477. The Morgan fingerprint density at radius 3 is 2.33 bits per heavy atom. The van der Waals surface area contributed by atoms with Gasteiger partial charge in [-0.2, -0.15) is 0 Å². The molecule has 3 heteroatoms. The molecule has 0 spiro atoms. The molecule has 0 aliphatic carbocycles. The van der Waals surface area contributed by atoms with Crippen LogP contribution in [0.1, 0.15) is 18.9 Å². The van der Waals surface area contributed by atoms with E-state index in [0.717, 1.165) is 11.7 Å². The van der Waals surface area contributed by atoms with E-state index in [0.29, 0.717) is 27.9 Å². The molecule has 2 nitrogen and oxygen atoms in total. The number of hydrogen-bond acceptors (Lipinski definition) is 1. The second-order valence-electron chi connectivity index (χ2n) is 5.66. The standard InChI is InChI=1S/C21H25NOSe/c1-3-15-22(21(23)4-2)19(16-18-11-7-5-8-12-18)17-24-20-13-9-6-10-14-20/h3,5-14,19H,1,4,15-17H2,2H3. The summed E-state index contributed by atoms with van der Waals surface area (Å²) in [4.78, 5) is 14.4. The van der Waals surface area contributed by atoms with Gasteiger partial charge in [0, 0.05) is 0 Å². The topological polar surface area (TPSA) is 20.3 Å². The summed E-state index contributed by atoms with van der Waals surface area (Å²) >= 11 is 0.355. The van der Waals surface area contributed by atoms with Crippen LogP contribution in [-0.4, -0.2) is 38.4 Å². The second kappa shape index (κ2) is 10.1. The predicted molar refractivity (Wildman–Crippen MR) is 103 cm³/mol. The van der Waals surface area contributed by atoms with Crippen LogP contribution in [0.3, 0.4) is 0 Å². The summed E-state index contributed by atoms with van der Waals surface area (Å²) < 4.78 is 1.38. The van der Waals surface area contributed by atoms with Gasteiger partial charge in [-0.1, -0.05) is 0 Å². The zero-order chi connectivity index (χ0) is 17.2. The number of carbonyl (C=O) groups is 1. The Hall–Kier alpha value is -1.83. The van der Waals surface area contributed by atoms with Crippen molar-refractivity contribution in [3.8, 4) is 0 Å². The molecule has 2 rings (SSSR count). The maximum absolute atomic E-state index is 12.4. The van der Waals surface area contributed by atoms with Gasteiger partial charge in [-0.3, -0.25) is 0 Å². The summed E-state index contributed by atoms with van der Waals surface area (Å²) in [6.07, 6.45) is 3.27. The van der Waals surface area contributed by atoms with Gasteiger partial charge >= 0.3 is 152 Å². The average molecular weight is 386 g/mol. The zero-order valence-corrected chi connectivity index (χ0v) is 15.9. The van der Waals surface area contributed by atoms with E-state index in [1.54, 1.807) is 0 Å². The summed E-state index contributed by atoms with van der Waals surface area (Å²) in [7, 11) is 0. The van der Waals surface area contributed by atoms with E-state index in [9.17, 15) is 4.79 Å². The fourth-order valence-electron chi connectivity index (χ4n) is 2.65. The van der Waals surface area contributed by atoms with Crippen molar-refractivity contribution in [1.29, 1.82) is 0 Å². The van der Waals surface area contributed by atoms with Gasteiger partial charge in [0.1, 0.15) is 0 Å². The Balaban J connectivity index is 2.15. The van der Waals surface area contributed by atoms with Crippen molar-refractivity contribution < 1.29 is 4.79 Å². The molecule has 1 atom stereocenters. The van der Waals surface area contributed by atoms with Gasteiger partial charge in [0.2, 0.25) is 0 Å². The molecule has 2 aromatic rings. The summed E-state index contributed by atoms with van der Waals surface area (Å²) in [6, 6.07) is 21.2. The number of rotatable bonds is 9. The van der Waals surface area contributed by atoms with Gasteiger partial charge in [-0.25, -0.2) is 0 Å². The molecule has 0 saturated heterocycles. The van der Waals surface area contributed by atoms with Gasteiger partial charge in [0.15, 0.2) is 0 Å². The van der Waals surface area contributed by atoms with Crippen LogP contribution in [0.5, 0.6) is 0 Å². The summed E-state index contributed by atoms with van der Waals surface area (Å²) in [5.74, 6) is 0.208. The number of amides is 1. The second-order valence-corrected chi connectivity index (χ2v) is 7.95. The molecule has 0 saturated carbocycles. The van der Waals surface area contributed by atoms with Crippen molar-refractivity contribution in [3.63, 3.8) is 0 Å². The molecule has 0 aliphatic heterocycles. The molecule has 0 radical (unpaired) electrons. The molecule has 1 amide bonds. The number of nitrogens with zero attached hydrogens (tertiary/aromatic N) is 1. The van der Waals surface area contributed by atoms with Gasteiger partial charge in [-0.15, -0.1) is 0 Å². The van der Waals surface area contributed by atoms with Crippen molar-refractivity contribution in [2.45, 2.75) is 31.1 Å². The molecule has 0 aliphatic rings. The minimum atomic E-state index is 0.208. The third-order valence-corrected chi connectivity index (χ3v) is 6.32. The van der Waals surface area contributed by atoms with Crippen LogP contribution >= 0.6 is 0 Å². The fourth-order valence-corrected chi connectivity index (χ4v) is 4.82. The Kier molecular flexibility index (Phi) is 7.81. The Morgan fingerprint density at radius 1 is 1.12 bits per heavy atom. The van der Waals surface area contributed by atoms with Crippen LogP contribution in [0.25, 0.3) is 0 Å². The van der Waals surface area contributed by atoms with Gasteiger partial charge in [0.25, 0.3) is 0 Å². The monoisotopic (exact) mass is 387 g/mol. The van der Waals surface area contributed by atoms with E-state index >= 15 is 0 Å². The first-order valence-electron chi connectivity index (χ1n) is 8.36. The molecular weight excluding hydrogens is 361 g/mol. The maximum atomic E-state index is 12.4.